The number of carbonyl (C=O) groups excluding carboxylic acids is 1. The van der Waals surface area contributed by atoms with Gasteiger partial charge in [0.1, 0.15) is 17.8 Å². The second-order valence-corrected chi connectivity index (χ2v) is 5.09. The van der Waals surface area contributed by atoms with E-state index >= 15 is 0 Å². The molecule has 2 rings (SSSR count). The molecule has 0 unspecified atom stereocenters. The lowest BCUT2D eigenvalue weighted by Gasteiger charge is -2.07. The van der Waals surface area contributed by atoms with Crippen molar-refractivity contribution < 1.29 is 4.79 Å². The number of rotatable bonds is 8. The minimum absolute atomic E-state index is 0.152. The Labute approximate surface area is 131 Å². The molecule has 1 heterocycles. The maximum Gasteiger partial charge on any atom is 0.270 e. The van der Waals surface area contributed by atoms with Gasteiger partial charge in [0.25, 0.3) is 5.91 Å². The summed E-state index contributed by atoms with van der Waals surface area (Å²) in [6.45, 7) is 3.48. The number of nitrogens with one attached hydrogen (secondary N) is 2. The zero-order valence-electron chi connectivity index (χ0n) is 12.9. The predicted octanol–water partition coefficient (Wildman–Crippen LogP) is 3.01. The van der Waals surface area contributed by atoms with Crippen LogP contribution in [0.15, 0.2) is 42.7 Å². The fourth-order valence-corrected chi connectivity index (χ4v) is 2.03. The monoisotopic (exact) mass is 298 g/mol. The summed E-state index contributed by atoms with van der Waals surface area (Å²) in [6, 6.07) is 11.7. The number of anilines is 1. The van der Waals surface area contributed by atoms with Crippen LogP contribution in [0.4, 0.5) is 5.82 Å². The van der Waals surface area contributed by atoms with Crippen LogP contribution in [0.1, 0.15) is 42.2 Å². The van der Waals surface area contributed by atoms with Crippen LogP contribution < -0.4 is 10.6 Å². The Morgan fingerprint density at radius 3 is 2.73 bits per heavy atom. The van der Waals surface area contributed by atoms with Crippen LogP contribution in [-0.2, 0) is 6.54 Å². The van der Waals surface area contributed by atoms with E-state index in [0.29, 0.717) is 24.6 Å². The average molecular weight is 298 g/mol. The van der Waals surface area contributed by atoms with E-state index in [-0.39, 0.29) is 5.91 Å². The second-order valence-electron chi connectivity index (χ2n) is 5.09. The van der Waals surface area contributed by atoms with Gasteiger partial charge in [-0.15, -0.1) is 0 Å². The van der Waals surface area contributed by atoms with Crippen LogP contribution in [-0.4, -0.2) is 22.4 Å². The standard InChI is InChI=1S/C17H22N4O/c1-2-3-7-10-18-17(22)15-11-16(21-13-20-15)19-12-14-8-5-4-6-9-14/h4-6,8-9,11,13H,2-3,7,10,12H2,1H3,(H,18,22)(H,19,20,21). The summed E-state index contributed by atoms with van der Waals surface area (Å²) in [5.74, 6) is 0.499. The summed E-state index contributed by atoms with van der Waals surface area (Å²) in [4.78, 5) is 20.2. The Kier molecular flexibility index (Phi) is 6.36. The minimum atomic E-state index is -0.152. The zero-order valence-corrected chi connectivity index (χ0v) is 12.9. The minimum Gasteiger partial charge on any atom is -0.366 e. The van der Waals surface area contributed by atoms with Crippen LogP contribution >= 0.6 is 0 Å². The van der Waals surface area contributed by atoms with Crippen molar-refractivity contribution in [2.45, 2.75) is 32.7 Å². The fraction of sp³-hybridized carbons (Fsp3) is 0.353. The molecule has 0 radical (unpaired) electrons. The van der Waals surface area contributed by atoms with Gasteiger partial charge >= 0.3 is 0 Å². The van der Waals surface area contributed by atoms with Crippen LogP contribution in [0.5, 0.6) is 0 Å². The van der Waals surface area contributed by atoms with E-state index < -0.39 is 0 Å². The molecule has 0 aliphatic rings. The molecule has 0 fully saturated rings. The zero-order chi connectivity index (χ0) is 15.6. The third-order valence-electron chi connectivity index (χ3n) is 3.28. The molecule has 0 spiro atoms. The van der Waals surface area contributed by atoms with E-state index in [2.05, 4.69) is 27.5 Å². The van der Waals surface area contributed by atoms with Gasteiger partial charge in [-0.1, -0.05) is 50.1 Å². The highest BCUT2D eigenvalue weighted by atomic mass is 16.1. The van der Waals surface area contributed by atoms with E-state index in [9.17, 15) is 4.79 Å². The molecule has 0 bridgehead atoms. The van der Waals surface area contributed by atoms with Gasteiger partial charge in [0.05, 0.1) is 0 Å². The lowest BCUT2D eigenvalue weighted by Crippen LogP contribution is -2.25. The van der Waals surface area contributed by atoms with E-state index in [1.807, 2.05) is 30.3 Å². The van der Waals surface area contributed by atoms with Gasteiger partial charge in [0.2, 0.25) is 0 Å². The van der Waals surface area contributed by atoms with Gasteiger partial charge in [0.15, 0.2) is 0 Å². The topological polar surface area (TPSA) is 66.9 Å². The van der Waals surface area contributed by atoms with Gasteiger partial charge in [-0.3, -0.25) is 4.79 Å². The van der Waals surface area contributed by atoms with Gasteiger partial charge < -0.3 is 10.6 Å². The van der Waals surface area contributed by atoms with E-state index in [0.717, 1.165) is 24.8 Å². The number of aromatic nitrogens is 2. The van der Waals surface area contributed by atoms with Crippen LogP contribution in [0.25, 0.3) is 0 Å². The first-order chi connectivity index (χ1) is 10.8. The van der Waals surface area contributed by atoms with E-state index in [1.54, 1.807) is 6.07 Å². The lowest BCUT2D eigenvalue weighted by molar-refractivity contribution is 0.0948. The third-order valence-corrected chi connectivity index (χ3v) is 3.28. The molecule has 1 aromatic carbocycles. The van der Waals surface area contributed by atoms with Crippen molar-refractivity contribution in [1.29, 1.82) is 0 Å². The summed E-state index contributed by atoms with van der Waals surface area (Å²) in [5.41, 5.74) is 1.55. The number of carbonyl (C=O) groups is 1. The molecule has 2 aromatic rings. The van der Waals surface area contributed by atoms with E-state index in [1.165, 1.54) is 6.33 Å². The Hall–Kier alpha value is -2.43. The Bertz CT molecular complexity index is 586. The van der Waals surface area contributed by atoms with Crippen molar-refractivity contribution >= 4 is 11.7 Å². The maximum absolute atomic E-state index is 12.0. The number of hydrogen-bond donors (Lipinski definition) is 2. The summed E-state index contributed by atoms with van der Waals surface area (Å²) in [5, 5.41) is 6.08. The molecule has 5 nitrogen and oxygen atoms in total. The van der Waals surface area contributed by atoms with Crippen molar-refractivity contribution in [3.63, 3.8) is 0 Å². The first-order valence-corrected chi connectivity index (χ1v) is 7.67. The van der Waals surface area contributed by atoms with Gasteiger partial charge in [-0.25, -0.2) is 9.97 Å². The van der Waals surface area contributed by atoms with Crippen LogP contribution in [0, 0.1) is 0 Å². The van der Waals surface area contributed by atoms with Gasteiger partial charge in [-0.2, -0.15) is 0 Å². The third kappa shape index (κ3) is 5.16. The highest BCUT2D eigenvalue weighted by molar-refractivity contribution is 5.92. The highest BCUT2D eigenvalue weighted by Crippen LogP contribution is 2.07. The molecule has 0 aliphatic carbocycles. The molecular formula is C17H22N4O. The number of hydrogen-bond acceptors (Lipinski definition) is 4. The molecule has 0 saturated heterocycles. The average Bonchev–Trinajstić information content (AvgIpc) is 2.58. The summed E-state index contributed by atoms with van der Waals surface area (Å²) < 4.78 is 0. The molecule has 116 valence electrons. The number of amides is 1. The van der Waals surface area contributed by atoms with Crippen molar-refractivity contribution in [3.8, 4) is 0 Å². The normalized spacial score (nSPS) is 10.2. The summed E-state index contributed by atoms with van der Waals surface area (Å²) in [7, 11) is 0. The first-order valence-electron chi connectivity index (χ1n) is 7.67. The van der Waals surface area contributed by atoms with Crippen LogP contribution in [0.2, 0.25) is 0 Å². The quantitative estimate of drug-likeness (QED) is 0.735. The number of unbranched alkanes of at least 4 members (excludes halogenated alkanes) is 2. The lowest BCUT2D eigenvalue weighted by atomic mass is 10.2. The molecule has 1 amide bonds. The molecular weight excluding hydrogens is 276 g/mol. The smallest absolute Gasteiger partial charge is 0.270 e. The molecule has 0 atom stereocenters. The van der Waals surface area contributed by atoms with Crippen molar-refractivity contribution in [2.75, 3.05) is 11.9 Å². The fourth-order valence-electron chi connectivity index (χ4n) is 2.03. The van der Waals surface area contributed by atoms with Crippen LogP contribution in [0.3, 0.4) is 0 Å². The predicted molar refractivity (Wildman–Crippen MR) is 87.7 cm³/mol. The van der Waals surface area contributed by atoms with Crippen molar-refractivity contribution in [2.24, 2.45) is 0 Å². The molecule has 0 saturated carbocycles. The Balaban J connectivity index is 1.87. The Morgan fingerprint density at radius 1 is 1.14 bits per heavy atom. The van der Waals surface area contributed by atoms with Crippen molar-refractivity contribution in [3.05, 3.63) is 54.0 Å². The molecule has 5 heteroatoms. The summed E-state index contributed by atoms with van der Waals surface area (Å²) in [6.07, 6.45) is 4.66. The molecule has 1 aromatic heterocycles. The Morgan fingerprint density at radius 2 is 1.95 bits per heavy atom. The van der Waals surface area contributed by atoms with Gasteiger partial charge in [0, 0.05) is 19.2 Å². The number of nitrogens with zero attached hydrogens (tertiary/aromatic N) is 2. The maximum atomic E-state index is 12.0. The van der Waals surface area contributed by atoms with E-state index in [4.69, 9.17) is 0 Å². The molecule has 2 N–H and O–H groups in total. The van der Waals surface area contributed by atoms with Crippen molar-refractivity contribution in [1.82, 2.24) is 15.3 Å². The second kappa shape index (κ2) is 8.77. The number of benzene rings is 1. The van der Waals surface area contributed by atoms with Gasteiger partial charge in [-0.05, 0) is 12.0 Å². The highest BCUT2D eigenvalue weighted by Gasteiger charge is 2.07. The SMILES string of the molecule is CCCCCNC(=O)c1cc(NCc2ccccc2)ncn1. The summed E-state index contributed by atoms with van der Waals surface area (Å²) >= 11 is 0. The molecule has 22 heavy (non-hydrogen) atoms. The largest absolute Gasteiger partial charge is 0.366 e. The molecule has 0 aliphatic heterocycles. The first kappa shape index (κ1) is 15.9.